The first kappa shape index (κ1) is 12.9. The van der Waals surface area contributed by atoms with Crippen molar-refractivity contribution in [1.29, 1.82) is 0 Å². The zero-order valence-corrected chi connectivity index (χ0v) is 8.88. The molecule has 2 nitrogen and oxygen atoms in total. The maximum atomic E-state index is 2.58. The Kier molecular flexibility index (Phi) is 5.57. The lowest BCUT2D eigenvalue weighted by Gasteiger charge is -2.38. The van der Waals surface area contributed by atoms with E-state index in [1.807, 2.05) is 0 Å². The molecule has 1 unspecified atom stereocenters. The molecule has 13 heavy (non-hydrogen) atoms. The largest absolute Gasteiger partial charge is 0.305 e. The van der Waals surface area contributed by atoms with Gasteiger partial charge in [0.15, 0.2) is 0 Å². The van der Waals surface area contributed by atoms with Crippen molar-refractivity contribution < 1.29 is 0 Å². The van der Waals surface area contributed by atoms with Gasteiger partial charge in [0.05, 0.1) is 0 Å². The van der Waals surface area contributed by atoms with Crippen LogP contribution in [0.1, 0.15) is 34.1 Å². The predicted molar refractivity (Wildman–Crippen MR) is 60.1 cm³/mol. The van der Waals surface area contributed by atoms with Crippen molar-refractivity contribution in [2.75, 3.05) is 27.2 Å². The quantitative estimate of drug-likeness (QED) is 0.651. The summed E-state index contributed by atoms with van der Waals surface area (Å²) in [6, 6.07) is 1.49. The molecule has 0 aliphatic carbocycles. The van der Waals surface area contributed by atoms with Crippen molar-refractivity contribution in [2.24, 2.45) is 0 Å². The molecule has 0 aromatic carbocycles. The van der Waals surface area contributed by atoms with Crippen LogP contribution in [0.25, 0.3) is 0 Å². The number of hydrogen-bond donors (Lipinski definition) is 0. The van der Waals surface area contributed by atoms with Crippen LogP contribution in [-0.2, 0) is 0 Å². The molecule has 0 N–H and O–H groups in total. The first-order valence-corrected chi connectivity index (χ1v) is 5.01. The molecule has 80 valence electrons. The van der Waals surface area contributed by atoms with Crippen molar-refractivity contribution in [1.82, 2.24) is 9.80 Å². The molecule has 0 spiro atoms. The predicted octanol–water partition coefficient (Wildman–Crippen LogP) is 2.06. The summed E-state index contributed by atoms with van der Waals surface area (Å²) in [5.74, 6) is 0. The van der Waals surface area contributed by atoms with Gasteiger partial charge in [-0.15, -0.1) is 0 Å². The van der Waals surface area contributed by atoms with Crippen molar-refractivity contribution in [2.45, 2.75) is 46.2 Å². The molecule has 0 amide bonds. The zero-order valence-electron chi connectivity index (χ0n) is 8.88. The summed E-state index contributed by atoms with van der Waals surface area (Å²) in [6.07, 6.45) is 2.73. The maximum absolute atomic E-state index is 2.58. The van der Waals surface area contributed by atoms with Gasteiger partial charge in [0.2, 0.25) is 0 Å². The molecule has 1 rings (SSSR count). The molecule has 0 saturated carbocycles. The van der Waals surface area contributed by atoms with Crippen LogP contribution in [0.4, 0.5) is 0 Å². The summed E-state index contributed by atoms with van der Waals surface area (Å²) >= 11 is 0. The van der Waals surface area contributed by atoms with Gasteiger partial charge < -0.3 is 4.90 Å². The van der Waals surface area contributed by atoms with Crippen molar-refractivity contribution >= 4 is 0 Å². The number of piperidine rings is 1. The minimum Gasteiger partial charge on any atom is -0.305 e. The highest BCUT2D eigenvalue weighted by Gasteiger charge is 2.22. The van der Waals surface area contributed by atoms with Crippen molar-refractivity contribution in [3.63, 3.8) is 0 Å². The van der Waals surface area contributed by atoms with Gasteiger partial charge in [0.1, 0.15) is 0 Å². The smallest absolute Gasteiger partial charge is 0.0217 e. The van der Waals surface area contributed by atoms with Crippen LogP contribution < -0.4 is 0 Å². The minimum atomic E-state index is 0. The third kappa shape index (κ3) is 3.65. The van der Waals surface area contributed by atoms with Crippen molar-refractivity contribution in [3.8, 4) is 0 Å². The summed E-state index contributed by atoms with van der Waals surface area (Å²) in [4.78, 5) is 4.93. The van der Waals surface area contributed by atoms with E-state index < -0.39 is 0 Å². The molecule has 2 heteroatoms. The second-order valence-corrected chi connectivity index (χ2v) is 4.35. The lowest BCUT2D eigenvalue weighted by molar-refractivity contribution is 0.109. The Hall–Kier alpha value is -0.0800. The molecule has 0 radical (unpaired) electrons. The van der Waals surface area contributed by atoms with Gasteiger partial charge in [-0.05, 0) is 47.3 Å². The Labute approximate surface area is 83.9 Å². The maximum Gasteiger partial charge on any atom is 0.0217 e. The van der Waals surface area contributed by atoms with Crippen LogP contribution in [-0.4, -0.2) is 49.1 Å². The average molecular weight is 186 g/mol. The van der Waals surface area contributed by atoms with Crippen LogP contribution in [0.5, 0.6) is 0 Å². The lowest BCUT2D eigenvalue weighted by atomic mass is 10.0. The lowest BCUT2D eigenvalue weighted by Crippen LogP contribution is -2.47. The Bertz CT molecular complexity index is 118. The highest BCUT2D eigenvalue weighted by Crippen LogP contribution is 2.15. The molecule has 1 heterocycles. The van der Waals surface area contributed by atoms with Gasteiger partial charge in [-0.1, -0.05) is 7.43 Å². The van der Waals surface area contributed by atoms with Crippen LogP contribution in [0.3, 0.4) is 0 Å². The Morgan fingerprint density at radius 1 is 1.31 bits per heavy atom. The second-order valence-electron chi connectivity index (χ2n) is 4.35. The van der Waals surface area contributed by atoms with Crippen LogP contribution in [0, 0.1) is 0 Å². The van der Waals surface area contributed by atoms with Gasteiger partial charge in [-0.2, -0.15) is 0 Å². The summed E-state index contributed by atoms with van der Waals surface area (Å²) in [6.45, 7) is 7.13. The van der Waals surface area contributed by atoms with E-state index in [0.717, 1.165) is 6.04 Å². The van der Waals surface area contributed by atoms with Gasteiger partial charge in [0.25, 0.3) is 0 Å². The Morgan fingerprint density at radius 2 is 1.92 bits per heavy atom. The van der Waals surface area contributed by atoms with Gasteiger partial charge >= 0.3 is 0 Å². The van der Waals surface area contributed by atoms with Gasteiger partial charge in [-0.25, -0.2) is 0 Å². The fourth-order valence-electron chi connectivity index (χ4n) is 1.87. The van der Waals surface area contributed by atoms with Crippen LogP contribution in [0.15, 0.2) is 0 Å². The summed E-state index contributed by atoms with van der Waals surface area (Å²) in [5.41, 5.74) is 0. The third-order valence-corrected chi connectivity index (χ3v) is 2.89. The van der Waals surface area contributed by atoms with E-state index in [9.17, 15) is 0 Å². The molecule has 0 aromatic rings. The molecular formula is C11H26N2. The van der Waals surface area contributed by atoms with E-state index in [4.69, 9.17) is 0 Å². The van der Waals surface area contributed by atoms with E-state index >= 15 is 0 Å². The van der Waals surface area contributed by atoms with E-state index in [2.05, 4.69) is 37.7 Å². The molecule has 1 fully saturated rings. The Morgan fingerprint density at radius 3 is 2.38 bits per heavy atom. The highest BCUT2D eigenvalue weighted by atomic mass is 15.2. The molecule has 1 atom stereocenters. The first-order chi connectivity index (χ1) is 5.61. The fraction of sp³-hybridized carbons (Fsp3) is 1.00. The number of hydrogen-bond acceptors (Lipinski definition) is 2. The zero-order chi connectivity index (χ0) is 9.14. The highest BCUT2D eigenvalue weighted by molar-refractivity contribution is 4.79. The Balaban J connectivity index is 0.00000144. The third-order valence-electron chi connectivity index (χ3n) is 2.89. The van der Waals surface area contributed by atoms with Crippen molar-refractivity contribution in [3.05, 3.63) is 0 Å². The summed E-state index contributed by atoms with van der Waals surface area (Å²) < 4.78 is 0. The molecule has 1 aliphatic heterocycles. The molecule has 1 aliphatic rings. The van der Waals surface area contributed by atoms with E-state index in [-0.39, 0.29) is 7.43 Å². The standard InChI is InChI=1S/C10H22N2.CH4/c1-9(2)12-7-5-6-10(8-12)11(3)4;/h9-10H,5-8H2,1-4H3;1H4. The summed E-state index contributed by atoms with van der Waals surface area (Å²) in [7, 11) is 4.38. The number of likely N-dealkylation sites (N-methyl/N-ethyl adjacent to an activating group) is 1. The average Bonchev–Trinajstić information content (AvgIpc) is 2.04. The van der Waals surface area contributed by atoms with E-state index in [0.29, 0.717) is 6.04 Å². The normalized spacial score (nSPS) is 24.9. The topological polar surface area (TPSA) is 6.48 Å². The van der Waals surface area contributed by atoms with Crippen LogP contribution in [0.2, 0.25) is 0 Å². The molecule has 1 saturated heterocycles. The SMILES string of the molecule is C.CC(C)N1CCCC(N(C)C)C1. The van der Waals surface area contributed by atoms with E-state index in [1.165, 1.54) is 25.9 Å². The number of rotatable bonds is 2. The second kappa shape index (κ2) is 5.61. The molecular weight excluding hydrogens is 160 g/mol. The minimum absolute atomic E-state index is 0. The first-order valence-electron chi connectivity index (χ1n) is 5.01. The molecule has 0 aromatic heterocycles. The van der Waals surface area contributed by atoms with E-state index in [1.54, 1.807) is 0 Å². The fourth-order valence-corrected chi connectivity index (χ4v) is 1.87. The number of likely N-dealkylation sites (tertiary alicyclic amines) is 1. The van der Waals surface area contributed by atoms with Gasteiger partial charge in [0, 0.05) is 18.6 Å². The molecule has 0 bridgehead atoms. The van der Waals surface area contributed by atoms with Crippen LogP contribution >= 0.6 is 0 Å². The van der Waals surface area contributed by atoms with Gasteiger partial charge in [-0.3, -0.25) is 4.90 Å². The summed E-state index contributed by atoms with van der Waals surface area (Å²) in [5, 5.41) is 0. The monoisotopic (exact) mass is 186 g/mol. The number of nitrogens with zero attached hydrogens (tertiary/aromatic N) is 2.